The lowest BCUT2D eigenvalue weighted by Crippen LogP contribution is -2.68. The van der Waals surface area contributed by atoms with Gasteiger partial charge in [0.15, 0.2) is 0 Å². The fourth-order valence-corrected chi connectivity index (χ4v) is 1.89. The second-order valence-electron chi connectivity index (χ2n) is 4.36. The van der Waals surface area contributed by atoms with Crippen LogP contribution in [0.15, 0.2) is 24.3 Å². The number of hydrogen-bond acceptors (Lipinski definition) is 2. The highest BCUT2D eigenvalue weighted by Gasteiger charge is 2.41. The lowest BCUT2D eigenvalue weighted by molar-refractivity contribution is 0.0397. The normalized spacial score (nSPS) is 18.1. The van der Waals surface area contributed by atoms with E-state index in [2.05, 4.69) is 0 Å². The SMILES string of the molecule is CCC1(N)CN(C(=O)c2ccccc2F)C1. The minimum absolute atomic E-state index is 0.126. The number of rotatable bonds is 2. The van der Waals surface area contributed by atoms with E-state index in [0.29, 0.717) is 13.1 Å². The summed E-state index contributed by atoms with van der Waals surface area (Å²) in [6, 6.07) is 6.02. The minimum atomic E-state index is -0.474. The van der Waals surface area contributed by atoms with E-state index in [4.69, 9.17) is 5.73 Å². The third-order valence-electron chi connectivity index (χ3n) is 3.11. The van der Waals surface area contributed by atoms with Crippen molar-refractivity contribution in [2.45, 2.75) is 18.9 Å². The summed E-state index contributed by atoms with van der Waals surface area (Å²) in [5.41, 5.74) is 5.81. The maximum Gasteiger partial charge on any atom is 0.256 e. The Balaban J connectivity index is 2.09. The molecule has 1 amide bonds. The number of carbonyl (C=O) groups is 1. The molecule has 0 radical (unpaired) electrons. The summed E-state index contributed by atoms with van der Waals surface area (Å²) in [6.07, 6.45) is 0.827. The molecule has 86 valence electrons. The van der Waals surface area contributed by atoms with Gasteiger partial charge in [0, 0.05) is 13.1 Å². The maximum atomic E-state index is 13.4. The van der Waals surface area contributed by atoms with Gasteiger partial charge in [-0.2, -0.15) is 0 Å². The molecule has 4 heteroatoms. The lowest BCUT2D eigenvalue weighted by Gasteiger charge is -2.47. The van der Waals surface area contributed by atoms with Crippen molar-refractivity contribution >= 4 is 5.91 Å². The third-order valence-corrected chi connectivity index (χ3v) is 3.11. The first-order valence-electron chi connectivity index (χ1n) is 5.38. The summed E-state index contributed by atoms with van der Waals surface area (Å²) in [5, 5.41) is 0. The van der Waals surface area contributed by atoms with E-state index in [1.54, 1.807) is 17.0 Å². The summed E-state index contributed by atoms with van der Waals surface area (Å²) in [4.78, 5) is 13.5. The van der Waals surface area contributed by atoms with E-state index in [9.17, 15) is 9.18 Å². The van der Waals surface area contributed by atoms with Crippen LogP contribution in [-0.4, -0.2) is 29.4 Å². The molecule has 0 aromatic heterocycles. The Morgan fingerprint density at radius 2 is 2.12 bits per heavy atom. The molecule has 0 bridgehead atoms. The second kappa shape index (κ2) is 3.87. The van der Waals surface area contributed by atoms with Gasteiger partial charge in [0.2, 0.25) is 0 Å². The van der Waals surface area contributed by atoms with Gasteiger partial charge in [-0.1, -0.05) is 19.1 Å². The number of carbonyl (C=O) groups excluding carboxylic acids is 1. The van der Waals surface area contributed by atoms with Crippen LogP contribution in [-0.2, 0) is 0 Å². The molecule has 1 aromatic rings. The molecule has 2 N–H and O–H groups in total. The lowest BCUT2D eigenvalue weighted by atomic mass is 9.88. The molecule has 1 aliphatic heterocycles. The molecule has 1 aromatic carbocycles. The van der Waals surface area contributed by atoms with Crippen LogP contribution in [0.1, 0.15) is 23.7 Å². The number of likely N-dealkylation sites (tertiary alicyclic amines) is 1. The number of benzene rings is 1. The average Bonchev–Trinajstić information content (AvgIpc) is 2.24. The number of nitrogens with zero attached hydrogens (tertiary/aromatic N) is 1. The highest BCUT2D eigenvalue weighted by molar-refractivity contribution is 5.95. The van der Waals surface area contributed by atoms with Crippen molar-refractivity contribution in [1.29, 1.82) is 0 Å². The van der Waals surface area contributed by atoms with Gasteiger partial charge < -0.3 is 10.6 Å². The van der Waals surface area contributed by atoms with Crippen molar-refractivity contribution in [3.8, 4) is 0 Å². The number of hydrogen-bond donors (Lipinski definition) is 1. The smallest absolute Gasteiger partial charge is 0.256 e. The second-order valence-corrected chi connectivity index (χ2v) is 4.36. The Morgan fingerprint density at radius 1 is 1.50 bits per heavy atom. The summed E-state index contributed by atoms with van der Waals surface area (Å²) in [6.45, 7) is 3.01. The molecule has 1 saturated heterocycles. The zero-order chi connectivity index (χ0) is 11.8. The van der Waals surface area contributed by atoms with Crippen molar-refractivity contribution in [2.75, 3.05) is 13.1 Å². The van der Waals surface area contributed by atoms with E-state index < -0.39 is 5.82 Å². The molecule has 0 atom stereocenters. The van der Waals surface area contributed by atoms with Gasteiger partial charge in [0.1, 0.15) is 5.82 Å². The summed E-state index contributed by atoms with van der Waals surface area (Å²) >= 11 is 0. The number of nitrogens with two attached hydrogens (primary N) is 1. The highest BCUT2D eigenvalue weighted by Crippen LogP contribution is 2.24. The topological polar surface area (TPSA) is 46.3 Å². The van der Waals surface area contributed by atoms with E-state index in [1.807, 2.05) is 6.92 Å². The molecule has 16 heavy (non-hydrogen) atoms. The molecular weight excluding hydrogens is 207 g/mol. The molecular formula is C12H15FN2O. The highest BCUT2D eigenvalue weighted by atomic mass is 19.1. The van der Waals surface area contributed by atoms with Gasteiger partial charge in [0.05, 0.1) is 11.1 Å². The van der Waals surface area contributed by atoms with Crippen LogP contribution in [0, 0.1) is 5.82 Å². The van der Waals surface area contributed by atoms with Crippen molar-refractivity contribution in [1.82, 2.24) is 4.90 Å². The van der Waals surface area contributed by atoms with E-state index >= 15 is 0 Å². The number of amides is 1. The summed E-state index contributed by atoms with van der Waals surface area (Å²) < 4.78 is 13.4. The summed E-state index contributed by atoms with van der Waals surface area (Å²) in [5.74, 6) is -0.744. The van der Waals surface area contributed by atoms with Gasteiger partial charge >= 0.3 is 0 Å². The molecule has 1 heterocycles. The zero-order valence-electron chi connectivity index (χ0n) is 9.24. The largest absolute Gasteiger partial charge is 0.335 e. The fraction of sp³-hybridized carbons (Fsp3) is 0.417. The molecule has 1 fully saturated rings. The van der Waals surface area contributed by atoms with Gasteiger partial charge in [-0.15, -0.1) is 0 Å². The van der Waals surface area contributed by atoms with Crippen LogP contribution in [0.25, 0.3) is 0 Å². The molecule has 0 unspecified atom stereocenters. The Labute approximate surface area is 94.0 Å². The Hall–Kier alpha value is -1.42. The average molecular weight is 222 g/mol. The first-order chi connectivity index (χ1) is 7.56. The van der Waals surface area contributed by atoms with E-state index in [1.165, 1.54) is 12.1 Å². The van der Waals surface area contributed by atoms with Crippen LogP contribution in [0.2, 0.25) is 0 Å². The Kier molecular flexibility index (Phi) is 2.68. The fourth-order valence-electron chi connectivity index (χ4n) is 1.89. The van der Waals surface area contributed by atoms with Crippen molar-refractivity contribution in [3.63, 3.8) is 0 Å². The van der Waals surface area contributed by atoms with Crippen molar-refractivity contribution in [3.05, 3.63) is 35.6 Å². The predicted molar refractivity (Wildman–Crippen MR) is 59.5 cm³/mol. The summed E-state index contributed by atoms with van der Waals surface area (Å²) in [7, 11) is 0. The van der Waals surface area contributed by atoms with Gasteiger partial charge in [0.25, 0.3) is 5.91 Å². The van der Waals surface area contributed by atoms with Crippen LogP contribution < -0.4 is 5.73 Å². The molecule has 0 spiro atoms. The monoisotopic (exact) mass is 222 g/mol. The standard InChI is InChI=1S/C12H15FN2O/c1-2-12(14)7-15(8-12)11(16)9-5-3-4-6-10(9)13/h3-6H,2,7-8,14H2,1H3. The quantitative estimate of drug-likeness (QED) is 0.822. The maximum absolute atomic E-state index is 13.4. The van der Waals surface area contributed by atoms with Crippen molar-refractivity contribution in [2.24, 2.45) is 5.73 Å². The predicted octanol–water partition coefficient (Wildman–Crippen LogP) is 1.39. The van der Waals surface area contributed by atoms with Crippen LogP contribution in [0.5, 0.6) is 0 Å². The van der Waals surface area contributed by atoms with E-state index in [-0.39, 0.29) is 17.0 Å². The molecule has 1 aliphatic rings. The van der Waals surface area contributed by atoms with Gasteiger partial charge in [-0.25, -0.2) is 4.39 Å². The zero-order valence-corrected chi connectivity index (χ0v) is 9.24. The van der Waals surface area contributed by atoms with Crippen LogP contribution >= 0.6 is 0 Å². The van der Waals surface area contributed by atoms with Gasteiger partial charge in [-0.05, 0) is 18.6 Å². The molecule has 0 saturated carbocycles. The minimum Gasteiger partial charge on any atom is -0.335 e. The van der Waals surface area contributed by atoms with Crippen LogP contribution in [0.3, 0.4) is 0 Å². The first kappa shape index (κ1) is 11.1. The van der Waals surface area contributed by atoms with Crippen LogP contribution in [0.4, 0.5) is 4.39 Å². The van der Waals surface area contributed by atoms with Gasteiger partial charge in [-0.3, -0.25) is 4.79 Å². The molecule has 3 nitrogen and oxygen atoms in total. The Morgan fingerprint density at radius 3 is 2.69 bits per heavy atom. The first-order valence-corrected chi connectivity index (χ1v) is 5.38. The molecule has 0 aliphatic carbocycles. The molecule has 2 rings (SSSR count). The third kappa shape index (κ3) is 1.80. The van der Waals surface area contributed by atoms with Crippen molar-refractivity contribution < 1.29 is 9.18 Å². The Bertz CT molecular complexity index is 413. The number of halogens is 1. The van der Waals surface area contributed by atoms with E-state index in [0.717, 1.165) is 6.42 Å².